The van der Waals surface area contributed by atoms with Crippen LogP contribution in [0.1, 0.15) is 32.0 Å². The Balaban J connectivity index is 2.33. The van der Waals surface area contributed by atoms with E-state index in [1.807, 2.05) is 46.0 Å². The van der Waals surface area contributed by atoms with Crippen LogP contribution in [0.5, 0.6) is 0 Å². The Labute approximate surface area is 114 Å². The first-order chi connectivity index (χ1) is 8.76. The fourth-order valence-electron chi connectivity index (χ4n) is 1.49. The first kappa shape index (κ1) is 15.4. The van der Waals surface area contributed by atoms with Crippen molar-refractivity contribution in [3.05, 3.63) is 29.6 Å². The van der Waals surface area contributed by atoms with Crippen LogP contribution in [0.4, 0.5) is 4.79 Å². The number of carbonyl (C=O) groups is 1. The SMILES string of the molecule is Cc1ccc(CC(N)CNC(=O)OC(C)(C)C)nc1. The molecule has 0 bridgehead atoms. The van der Waals surface area contributed by atoms with Crippen LogP contribution in [0.25, 0.3) is 0 Å². The van der Waals surface area contributed by atoms with E-state index < -0.39 is 11.7 Å². The van der Waals surface area contributed by atoms with Gasteiger partial charge in [-0.2, -0.15) is 0 Å². The van der Waals surface area contributed by atoms with Crippen LogP contribution in [-0.2, 0) is 11.2 Å². The molecule has 106 valence electrons. The number of carbonyl (C=O) groups excluding carboxylic acids is 1. The number of amides is 1. The molecule has 5 heteroatoms. The van der Waals surface area contributed by atoms with E-state index in [0.717, 1.165) is 11.3 Å². The molecule has 1 aromatic heterocycles. The van der Waals surface area contributed by atoms with E-state index in [9.17, 15) is 4.79 Å². The summed E-state index contributed by atoms with van der Waals surface area (Å²) in [5, 5.41) is 2.66. The van der Waals surface area contributed by atoms with E-state index in [2.05, 4.69) is 10.3 Å². The molecule has 1 heterocycles. The first-order valence-electron chi connectivity index (χ1n) is 6.40. The third-order valence-electron chi connectivity index (χ3n) is 2.35. The zero-order valence-corrected chi connectivity index (χ0v) is 12.1. The zero-order chi connectivity index (χ0) is 14.5. The van der Waals surface area contributed by atoms with Gasteiger partial charge in [0.2, 0.25) is 0 Å². The maximum atomic E-state index is 11.5. The molecule has 0 aliphatic heterocycles. The summed E-state index contributed by atoms with van der Waals surface area (Å²) in [5.41, 5.74) is 7.49. The van der Waals surface area contributed by atoms with Gasteiger partial charge in [-0.15, -0.1) is 0 Å². The molecule has 1 aromatic rings. The van der Waals surface area contributed by atoms with Crippen molar-refractivity contribution in [3.8, 4) is 0 Å². The topological polar surface area (TPSA) is 77.2 Å². The van der Waals surface area contributed by atoms with Crippen molar-refractivity contribution < 1.29 is 9.53 Å². The second kappa shape index (κ2) is 6.52. The smallest absolute Gasteiger partial charge is 0.407 e. The van der Waals surface area contributed by atoms with Crippen LogP contribution in [0.3, 0.4) is 0 Å². The Morgan fingerprint density at radius 1 is 1.47 bits per heavy atom. The molecule has 3 N–H and O–H groups in total. The lowest BCUT2D eigenvalue weighted by Crippen LogP contribution is -2.41. The summed E-state index contributed by atoms with van der Waals surface area (Å²) < 4.78 is 5.13. The number of nitrogens with zero attached hydrogens (tertiary/aromatic N) is 1. The van der Waals surface area contributed by atoms with E-state index in [-0.39, 0.29) is 6.04 Å². The van der Waals surface area contributed by atoms with Gasteiger partial charge in [-0.1, -0.05) is 6.07 Å². The van der Waals surface area contributed by atoms with Gasteiger partial charge < -0.3 is 15.8 Å². The van der Waals surface area contributed by atoms with Crippen LogP contribution in [0.2, 0.25) is 0 Å². The molecule has 1 amide bonds. The maximum Gasteiger partial charge on any atom is 0.407 e. The fraction of sp³-hybridized carbons (Fsp3) is 0.571. The predicted molar refractivity (Wildman–Crippen MR) is 74.9 cm³/mol. The molecular weight excluding hydrogens is 242 g/mol. The lowest BCUT2D eigenvalue weighted by molar-refractivity contribution is 0.0524. The highest BCUT2D eigenvalue weighted by Gasteiger charge is 2.16. The number of nitrogens with two attached hydrogens (primary N) is 1. The number of hydrogen-bond acceptors (Lipinski definition) is 4. The number of rotatable bonds is 4. The Morgan fingerprint density at radius 3 is 2.68 bits per heavy atom. The fourth-order valence-corrected chi connectivity index (χ4v) is 1.49. The second-order valence-corrected chi connectivity index (χ2v) is 5.67. The highest BCUT2D eigenvalue weighted by molar-refractivity contribution is 5.67. The molecule has 0 spiro atoms. The minimum Gasteiger partial charge on any atom is -0.444 e. The minimum absolute atomic E-state index is 0.178. The van der Waals surface area contributed by atoms with Gasteiger partial charge in [0.1, 0.15) is 5.60 Å². The number of hydrogen-bond donors (Lipinski definition) is 2. The molecule has 1 rings (SSSR count). The van der Waals surface area contributed by atoms with E-state index in [0.29, 0.717) is 13.0 Å². The minimum atomic E-state index is -0.493. The molecule has 1 atom stereocenters. The quantitative estimate of drug-likeness (QED) is 0.870. The third kappa shape index (κ3) is 6.76. The Bertz CT molecular complexity index is 410. The van der Waals surface area contributed by atoms with E-state index in [1.165, 1.54) is 0 Å². The number of aromatic nitrogens is 1. The molecule has 1 unspecified atom stereocenters. The summed E-state index contributed by atoms with van der Waals surface area (Å²) in [4.78, 5) is 15.7. The summed E-state index contributed by atoms with van der Waals surface area (Å²) in [5.74, 6) is 0. The number of pyridine rings is 1. The van der Waals surface area contributed by atoms with Crippen molar-refractivity contribution in [1.82, 2.24) is 10.3 Å². The monoisotopic (exact) mass is 265 g/mol. The number of ether oxygens (including phenoxy) is 1. The van der Waals surface area contributed by atoms with Gasteiger partial charge in [-0.3, -0.25) is 4.98 Å². The second-order valence-electron chi connectivity index (χ2n) is 5.67. The van der Waals surface area contributed by atoms with Gasteiger partial charge in [0.05, 0.1) is 0 Å². The summed E-state index contributed by atoms with van der Waals surface area (Å²) in [6, 6.07) is 3.77. The number of nitrogens with one attached hydrogen (secondary N) is 1. The van der Waals surface area contributed by atoms with E-state index >= 15 is 0 Å². The van der Waals surface area contributed by atoms with Crippen molar-refractivity contribution in [1.29, 1.82) is 0 Å². The van der Waals surface area contributed by atoms with Gasteiger partial charge in [0.25, 0.3) is 0 Å². The molecule has 0 aliphatic rings. The molecule has 0 saturated heterocycles. The van der Waals surface area contributed by atoms with Gasteiger partial charge in [-0.05, 0) is 39.3 Å². The standard InChI is InChI=1S/C14H23N3O2/c1-10-5-6-12(16-8-10)7-11(15)9-17-13(18)19-14(2,3)4/h5-6,8,11H,7,9,15H2,1-4H3,(H,17,18). The molecule has 0 saturated carbocycles. The van der Waals surface area contributed by atoms with Gasteiger partial charge in [-0.25, -0.2) is 4.79 Å². The lowest BCUT2D eigenvalue weighted by atomic mass is 10.1. The number of aryl methyl sites for hydroxylation is 1. The van der Waals surface area contributed by atoms with Crippen LogP contribution < -0.4 is 11.1 Å². The van der Waals surface area contributed by atoms with Gasteiger partial charge in [0.15, 0.2) is 0 Å². The van der Waals surface area contributed by atoms with Gasteiger partial charge >= 0.3 is 6.09 Å². The molecule has 5 nitrogen and oxygen atoms in total. The molecule has 0 aromatic carbocycles. The van der Waals surface area contributed by atoms with E-state index in [1.54, 1.807) is 0 Å². The van der Waals surface area contributed by atoms with Crippen LogP contribution in [0.15, 0.2) is 18.3 Å². The highest BCUT2D eigenvalue weighted by Crippen LogP contribution is 2.06. The van der Waals surface area contributed by atoms with Crippen molar-refractivity contribution in [2.75, 3.05) is 6.54 Å². The van der Waals surface area contributed by atoms with Crippen molar-refractivity contribution >= 4 is 6.09 Å². The predicted octanol–water partition coefficient (Wildman–Crippen LogP) is 1.78. The van der Waals surface area contributed by atoms with Gasteiger partial charge in [0, 0.05) is 30.9 Å². The zero-order valence-electron chi connectivity index (χ0n) is 12.1. The third-order valence-corrected chi connectivity index (χ3v) is 2.35. The van der Waals surface area contributed by atoms with Crippen molar-refractivity contribution in [2.24, 2.45) is 5.73 Å². The van der Waals surface area contributed by atoms with Crippen molar-refractivity contribution in [3.63, 3.8) is 0 Å². The normalized spacial score (nSPS) is 12.9. The first-order valence-corrected chi connectivity index (χ1v) is 6.40. The van der Waals surface area contributed by atoms with Crippen LogP contribution >= 0.6 is 0 Å². The lowest BCUT2D eigenvalue weighted by Gasteiger charge is -2.20. The molecule has 19 heavy (non-hydrogen) atoms. The van der Waals surface area contributed by atoms with Crippen LogP contribution in [0, 0.1) is 6.92 Å². The largest absolute Gasteiger partial charge is 0.444 e. The highest BCUT2D eigenvalue weighted by atomic mass is 16.6. The summed E-state index contributed by atoms with van der Waals surface area (Å²) >= 11 is 0. The summed E-state index contributed by atoms with van der Waals surface area (Å²) in [7, 11) is 0. The average Bonchev–Trinajstić information content (AvgIpc) is 2.27. The Kier molecular flexibility index (Phi) is 5.30. The molecule has 0 fully saturated rings. The molecule has 0 aliphatic carbocycles. The molecule has 0 radical (unpaired) electrons. The Hall–Kier alpha value is -1.62. The summed E-state index contributed by atoms with van der Waals surface area (Å²) in [6.45, 7) is 7.82. The maximum absolute atomic E-state index is 11.5. The number of alkyl carbamates (subject to hydrolysis) is 1. The van der Waals surface area contributed by atoms with Crippen LogP contribution in [-0.4, -0.2) is 29.3 Å². The summed E-state index contributed by atoms with van der Waals surface area (Å²) in [6.07, 6.45) is 1.99. The molecular formula is C14H23N3O2. The van der Waals surface area contributed by atoms with Crippen molar-refractivity contribution in [2.45, 2.75) is 45.8 Å². The average molecular weight is 265 g/mol. The van der Waals surface area contributed by atoms with E-state index in [4.69, 9.17) is 10.5 Å². The Morgan fingerprint density at radius 2 is 2.16 bits per heavy atom.